The highest BCUT2D eigenvalue weighted by Gasteiger charge is 2.29. The Kier molecular flexibility index (Phi) is 3.66. The smallest absolute Gasteiger partial charge is 0.242 e. The summed E-state index contributed by atoms with van der Waals surface area (Å²) in [5.41, 5.74) is 4.51. The van der Waals surface area contributed by atoms with E-state index in [-0.39, 0.29) is 0 Å². The van der Waals surface area contributed by atoms with E-state index in [1.165, 1.54) is 4.31 Å². The maximum Gasteiger partial charge on any atom is 0.242 e. The Labute approximate surface area is 146 Å². The van der Waals surface area contributed by atoms with Gasteiger partial charge in [0.05, 0.1) is 21.8 Å². The molecule has 0 atom stereocenters. The van der Waals surface area contributed by atoms with Gasteiger partial charge in [0.1, 0.15) is 0 Å². The van der Waals surface area contributed by atoms with Gasteiger partial charge in [0.2, 0.25) is 10.0 Å². The first kappa shape index (κ1) is 16.2. The number of nitrogens with zero attached hydrogens (tertiary/aromatic N) is 3. The summed E-state index contributed by atoms with van der Waals surface area (Å²) in [6.07, 6.45) is 4.08. The highest BCUT2D eigenvalue weighted by molar-refractivity contribution is 7.89. The van der Waals surface area contributed by atoms with E-state index in [0.717, 1.165) is 40.7 Å². The number of nitrogens with one attached hydrogen (secondary N) is 1. The van der Waals surface area contributed by atoms with Gasteiger partial charge in [0, 0.05) is 37.2 Å². The standard InChI is InChI=1S/C18H20N4O2S/c1-11-10-13(6-7-15(11)25(23,24)22(2)3)17-16-14(8-9-19-17)20-21-18(16)12-4-5-12/h6-10,12H,4-5H2,1-3H3,(H,20,21). The minimum atomic E-state index is -3.46. The van der Waals surface area contributed by atoms with Crippen LogP contribution in [0.15, 0.2) is 35.4 Å². The third kappa shape index (κ3) is 2.63. The molecule has 4 rings (SSSR count). The molecule has 1 fully saturated rings. The van der Waals surface area contributed by atoms with Crippen LogP contribution in [0.1, 0.15) is 30.0 Å². The summed E-state index contributed by atoms with van der Waals surface area (Å²) in [7, 11) is -0.375. The number of sulfonamides is 1. The molecule has 1 aromatic carbocycles. The number of H-pyrrole nitrogens is 1. The monoisotopic (exact) mass is 356 g/mol. The zero-order valence-corrected chi connectivity index (χ0v) is 15.3. The fraction of sp³-hybridized carbons (Fsp3) is 0.333. The minimum Gasteiger partial charge on any atom is -0.277 e. The van der Waals surface area contributed by atoms with Crippen molar-refractivity contribution in [1.82, 2.24) is 19.5 Å². The minimum absolute atomic E-state index is 0.322. The Hall–Kier alpha value is -2.25. The fourth-order valence-electron chi connectivity index (χ4n) is 3.14. The number of aryl methyl sites for hydroxylation is 1. The first-order chi connectivity index (χ1) is 11.9. The molecule has 1 aliphatic rings. The SMILES string of the molecule is Cc1cc(-c2nccc3[nH]nc(C4CC4)c23)ccc1S(=O)(=O)N(C)C. The Morgan fingerprint density at radius 1 is 1.20 bits per heavy atom. The van der Waals surface area contributed by atoms with Gasteiger partial charge < -0.3 is 0 Å². The summed E-state index contributed by atoms with van der Waals surface area (Å²) in [5.74, 6) is 0.506. The summed E-state index contributed by atoms with van der Waals surface area (Å²) in [4.78, 5) is 4.89. The zero-order valence-electron chi connectivity index (χ0n) is 14.4. The number of aromatic amines is 1. The molecule has 7 heteroatoms. The van der Waals surface area contributed by atoms with Crippen molar-refractivity contribution in [2.45, 2.75) is 30.6 Å². The molecule has 25 heavy (non-hydrogen) atoms. The van der Waals surface area contributed by atoms with Gasteiger partial charge in [-0.25, -0.2) is 12.7 Å². The van der Waals surface area contributed by atoms with Crippen molar-refractivity contribution in [3.05, 3.63) is 41.7 Å². The average Bonchev–Trinajstić information content (AvgIpc) is 3.32. The summed E-state index contributed by atoms with van der Waals surface area (Å²) in [5, 5.41) is 8.62. The van der Waals surface area contributed by atoms with Crippen molar-refractivity contribution in [1.29, 1.82) is 0 Å². The lowest BCUT2D eigenvalue weighted by Gasteiger charge is -2.14. The van der Waals surface area contributed by atoms with Crippen LogP contribution < -0.4 is 0 Å². The molecule has 2 heterocycles. The molecule has 0 saturated heterocycles. The van der Waals surface area contributed by atoms with Crippen molar-refractivity contribution >= 4 is 20.9 Å². The van der Waals surface area contributed by atoms with Crippen LogP contribution in [0.5, 0.6) is 0 Å². The van der Waals surface area contributed by atoms with Crippen molar-refractivity contribution in [2.75, 3.05) is 14.1 Å². The number of pyridine rings is 1. The lowest BCUT2D eigenvalue weighted by atomic mass is 10.0. The predicted molar refractivity (Wildman–Crippen MR) is 96.9 cm³/mol. The molecule has 2 aromatic heterocycles. The van der Waals surface area contributed by atoms with Gasteiger partial charge in [0.25, 0.3) is 0 Å². The summed E-state index contributed by atoms with van der Waals surface area (Å²) in [6.45, 7) is 1.82. The topological polar surface area (TPSA) is 79.0 Å². The second kappa shape index (κ2) is 5.64. The summed E-state index contributed by atoms with van der Waals surface area (Å²) in [6, 6.07) is 7.31. The van der Waals surface area contributed by atoms with E-state index in [2.05, 4.69) is 15.2 Å². The first-order valence-electron chi connectivity index (χ1n) is 8.26. The molecule has 1 aliphatic carbocycles. The molecule has 1 saturated carbocycles. The number of aromatic nitrogens is 3. The second-order valence-corrected chi connectivity index (χ2v) is 8.85. The van der Waals surface area contributed by atoms with Gasteiger partial charge in [-0.15, -0.1) is 0 Å². The van der Waals surface area contributed by atoms with Crippen molar-refractivity contribution in [3.63, 3.8) is 0 Å². The molecular formula is C18H20N4O2S. The Morgan fingerprint density at radius 2 is 1.96 bits per heavy atom. The lowest BCUT2D eigenvalue weighted by molar-refractivity contribution is 0.520. The predicted octanol–water partition coefficient (Wildman–Crippen LogP) is 3.06. The van der Waals surface area contributed by atoms with Crippen LogP contribution in [0.25, 0.3) is 22.2 Å². The van der Waals surface area contributed by atoms with E-state index >= 15 is 0 Å². The number of rotatable bonds is 4. The molecule has 0 aliphatic heterocycles. The van der Waals surface area contributed by atoms with E-state index in [0.29, 0.717) is 16.4 Å². The highest BCUT2D eigenvalue weighted by Crippen LogP contribution is 2.44. The molecule has 0 amide bonds. The Bertz CT molecular complexity index is 1070. The maximum absolute atomic E-state index is 12.4. The largest absolute Gasteiger partial charge is 0.277 e. The molecule has 1 N–H and O–H groups in total. The molecule has 0 unspecified atom stereocenters. The third-order valence-electron chi connectivity index (χ3n) is 4.67. The van der Waals surface area contributed by atoms with E-state index in [1.54, 1.807) is 26.4 Å². The third-order valence-corrected chi connectivity index (χ3v) is 6.65. The molecular weight excluding hydrogens is 336 g/mol. The molecule has 3 aromatic rings. The van der Waals surface area contributed by atoms with Crippen molar-refractivity contribution in [3.8, 4) is 11.3 Å². The molecule has 0 bridgehead atoms. The quantitative estimate of drug-likeness (QED) is 0.779. The van der Waals surface area contributed by atoms with Crippen LogP contribution >= 0.6 is 0 Å². The van der Waals surface area contributed by atoms with Crippen LogP contribution in [0, 0.1) is 6.92 Å². The summed E-state index contributed by atoms with van der Waals surface area (Å²) < 4.78 is 26.1. The zero-order chi connectivity index (χ0) is 17.8. The number of fused-ring (bicyclic) bond motifs is 1. The van der Waals surface area contributed by atoms with Crippen LogP contribution in [-0.2, 0) is 10.0 Å². The number of hydrogen-bond acceptors (Lipinski definition) is 4. The Balaban J connectivity index is 1.88. The first-order valence-corrected chi connectivity index (χ1v) is 9.70. The van der Waals surface area contributed by atoms with Crippen LogP contribution in [0.3, 0.4) is 0 Å². The van der Waals surface area contributed by atoms with Gasteiger partial charge >= 0.3 is 0 Å². The molecule has 0 radical (unpaired) electrons. The van der Waals surface area contributed by atoms with Crippen LogP contribution in [-0.4, -0.2) is 42.0 Å². The van der Waals surface area contributed by atoms with Gasteiger partial charge in [-0.1, -0.05) is 6.07 Å². The second-order valence-electron chi connectivity index (χ2n) is 6.73. The highest BCUT2D eigenvalue weighted by atomic mass is 32.2. The molecule has 6 nitrogen and oxygen atoms in total. The molecule has 0 spiro atoms. The Morgan fingerprint density at radius 3 is 2.60 bits per heavy atom. The van der Waals surface area contributed by atoms with Crippen molar-refractivity contribution in [2.24, 2.45) is 0 Å². The molecule has 130 valence electrons. The van der Waals surface area contributed by atoms with E-state index in [4.69, 9.17) is 0 Å². The number of benzene rings is 1. The van der Waals surface area contributed by atoms with E-state index in [9.17, 15) is 8.42 Å². The maximum atomic E-state index is 12.4. The number of hydrogen-bond donors (Lipinski definition) is 1. The average molecular weight is 356 g/mol. The van der Waals surface area contributed by atoms with Gasteiger partial charge in [0.15, 0.2) is 0 Å². The van der Waals surface area contributed by atoms with E-state index < -0.39 is 10.0 Å². The summed E-state index contributed by atoms with van der Waals surface area (Å²) >= 11 is 0. The normalized spacial score (nSPS) is 15.2. The van der Waals surface area contributed by atoms with Crippen LogP contribution in [0.4, 0.5) is 0 Å². The van der Waals surface area contributed by atoms with Gasteiger partial charge in [-0.05, 0) is 43.5 Å². The van der Waals surface area contributed by atoms with Crippen LogP contribution in [0.2, 0.25) is 0 Å². The lowest BCUT2D eigenvalue weighted by Crippen LogP contribution is -2.23. The van der Waals surface area contributed by atoms with E-state index in [1.807, 2.05) is 25.1 Å². The fourth-order valence-corrected chi connectivity index (χ4v) is 4.24. The van der Waals surface area contributed by atoms with Gasteiger partial charge in [-0.2, -0.15) is 5.10 Å². The van der Waals surface area contributed by atoms with Crippen molar-refractivity contribution < 1.29 is 8.42 Å². The van der Waals surface area contributed by atoms with Gasteiger partial charge in [-0.3, -0.25) is 10.1 Å².